The van der Waals surface area contributed by atoms with E-state index in [1.54, 1.807) is 7.11 Å². The monoisotopic (exact) mass is 252 g/mol. The number of ketones is 1. The first-order chi connectivity index (χ1) is 8.74. The van der Waals surface area contributed by atoms with Crippen LogP contribution in [0, 0.1) is 5.92 Å². The zero-order chi connectivity index (χ0) is 13.0. The van der Waals surface area contributed by atoms with Crippen LogP contribution >= 0.6 is 0 Å². The van der Waals surface area contributed by atoms with Crippen molar-refractivity contribution in [3.05, 3.63) is 11.7 Å². The molecule has 100 valence electrons. The van der Waals surface area contributed by atoms with Crippen LogP contribution in [-0.2, 0) is 16.0 Å². The SMILES string of the molecule is CCC(OC)c1noc(CC2CCCCC2=O)n1. The van der Waals surface area contributed by atoms with Crippen LogP contribution in [0.2, 0.25) is 0 Å². The maximum Gasteiger partial charge on any atom is 0.227 e. The number of carbonyl (C=O) groups excluding carboxylic acids is 1. The predicted octanol–water partition coefficient (Wildman–Crippen LogP) is 2.47. The number of hydrogen-bond donors (Lipinski definition) is 0. The van der Waals surface area contributed by atoms with Crippen LogP contribution in [-0.4, -0.2) is 23.0 Å². The minimum atomic E-state index is -0.121. The maximum absolute atomic E-state index is 11.7. The van der Waals surface area contributed by atoms with Gasteiger partial charge in [-0.3, -0.25) is 4.79 Å². The quantitative estimate of drug-likeness (QED) is 0.805. The van der Waals surface area contributed by atoms with E-state index in [9.17, 15) is 4.79 Å². The zero-order valence-electron chi connectivity index (χ0n) is 11.0. The van der Waals surface area contributed by atoms with Gasteiger partial charge in [-0.05, 0) is 19.3 Å². The first-order valence-corrected chi connectivity index (χ1v) is 6.62. The lowest BCUT2D eigenvalue weighted by Crippen LogP contribution is -2.21. The summed E-state index contributed by atoms with van der Waals surface area (Å²) < 4.78 is 10.5. The Kier molecular flexibility index (Phi) is 4.47. The third-order valence-electron chi connectivity index (χ3n) is 3.53. The molecule has 2 atom stereocenters. The fourth-order valence-electron chi connectivity index (χ4n) is 2.42. The Labute approximate surface area is 107 Å². The summed E-state index contributed by atoms with van der Waals surface area (Å²) in [5.41, 5.74) is 0. The van der Waals surface area contributed by atoms with E-state index in [-0.39, 0.29) is 12.0 Å². The second-order valence-electron chi connectivity index (χ2n) is 4.79. The molecular weight excluding hydrogens is 232 g/mol. The van der Waals surface area contributed by atoms with Crippen molar-refractivity contribution < 1.29 is 14.1 Å². The number of carbonyl (C=O) groups is 1. The summed E-state index contributed by atoms with van der Waals surface area (Å²) in [7, 11) is 1.63. The Bertz CT molecular complexity index is 399. The summed E-state index contributed by atoms with van der Waals surface area (Å²) in [6.07, 6.45) is 5.03. The minimum absolute atomic E-state index is 0.0645. The number of rotatable bonds is 5. The lowest BCUT2D eigenvalue weighted by atomic mass is 9.86. The van der Waals surface area contributed by atoms with Crippen LogP contribution in [0.1, 0.15) is 56.8 Å². The molecule has 2 unspecified atom stereocenters. The van der Waals surface area contributed by atoms with E-state index in [0.717, 1.165) is 25.7 Å². The van der Waals surface area contributed by atoms with Gasteiger partial charge in [0.05, 0.1) is 0 Å². The molecule has 0 aromatic carbocycles. The Hall–Kier alpha value is -1.23. The lowest BCUT2D eigenvalue weighted by Gasteiger charge is -2.18. The average molecular weight is 252 g/mol. The molecule has 1 aromatic heterocycles. The molecule has 0 N–H and O–H groups in total. The zero-order valence-corrected chi connectivity index (χ0v) is 11.0. The van der Waals surface area contributed by atoms with Crippen molar-refractivity contribution in [2.45, 2.75) is 51.6 Å². The number of hydrogen-bond acceptors (Lipinski definition) is 5. The molecule has 1 aliphatic rings. The van der Waals surface area contributed by atoms with E-state index in [0.29, 0.717) is 30.3 Å². The normalized spacial score (nSPS) is 22.1. The summed E-state index contributed by atoms with van der Waals surface area (Å²) in [4.78, 5) is 16.1. The van der Waals surface area contributed by atoms with Crippen molar-refractivity contribution in [1.29, 1.82) is 0 Å². The Morgan fingerprint density at radius 1 is 1.50 bits per heavy atom. The van der Waals surface area contributed by atoms with E-state index >= 15 is 0 Å². The van der Waals surface area contributed by atoms with Gasteiger partial charge in [0.25, 0.3) is 0 Å². The summed E-state index contributed by atoms with van der Waals surface area (Å²) in [6, 6.07) is 0. The lowest BCUT2D eigenvalue weighted by molar-refractivity contribution is -0.124. The van der Waals surface area contributed by atoms with Gasteiger partial charge < -0.3 is 9.26 Å². The van der Waals surface area contributed by atoms with Crippen molar-refractivity contribution in [3.63, 3.8) is 0 Å². The van der Waals surface area contributed by atoms with Gasteiger partial charge in [0.15, 0.2) is 0 Å². The van der Waals surface area contributed by atoms with Gasteiger partial charge in [-0.2, -0.15) is 4.98 Å². The molecule has 1 heterocycles. The molecule has 1 aromatic rings. The van der Waals surface area contributed by atoms with Gasteiger partial charge in [-0.25, -0.2) is 0 Å². The molecule has 0 spiro atoms. The molecule has 0 aliphatic heterocycles. The first-order valence-electron chi connectivity index (χ1n) is 6.62. The Morgan fingerprint density at radius 2 is 2.33 bits per heavy atom. The fourth-order valence-corrected chi connectivity index (χ4v) is 2.42. The highest BCUT2D eigenvalue weighted by atomic mass is 16.5. The molecule has 1 aliphatic carbocycles. The van der Waals surface area contributed by atoms with Gasteiger partial charge >= 0.3 is 0 Å². The largest absolute Gasteiger partial charge is 0.373 e. The van der Waals surface area contributed by atoms with Crippen molar-refractivity contribution in [2.75, 3.05) is 7.11 Å². The highest BCUT2D eigenvalue weighted by Gasteiger charge is 2.25. The molecule has 2 rings (SSSR count). The van der Waals surface area contributed by atoms with Gasteiger partial charge in [0.2, 0.25) is 11.7 Å². The standard InChI is InChI=1S/C13H20N2O3/c1-3-11(17-2)13-14-12(18-15-13)8-9-6-4-5-7-10(9)16/h9,11H,3-8H2,1-2H3. The molecule has 1 saturated carbocycles. The Balaban J connectivity index is 1.99. The number of methoxy groups -OCH3 is 1. The molecule has 18 heavy (non-hydrogen) atoms. The summed E-state index contributed by atoms with van der Waals surface area (Å²) in [5, 5.41) is 3.93. The van der Waals surface area contributed by atoms with E-state index in [2.05, 4.69) is 10.1 Å². The number of ether oxygens (including phenoxy) is 1. The predicted molar refractivity (Wildman–Crippen MR) is 65.0 cm³/mol. The third-order valence-corrected chi connectivity index (χ3v) is 3.53. The second-order valence-corrected chi connectivity index (χ2v) is 4.79. The smallest absolute Gasteiger partial charge is 0.227 e. The molecule has 0 bridgehead atoms. The highest BCUT2D eigenvalue weighted by molar-refractivity contribution is 5.81. The summed E-state index contributed by atoms with van der Waals surface area (Å²) >= 11 is 0. The molecular formula is C13H20N2O3. The molecule has 0 radical (unpaired) electrons. The number of Topliss-reactive ketones (excluding diaryl/α,β-unsaturated/α-hetero) is 1. The maximum atomic E-state index is 11.7. The van der Waals surface area contributed by atoms with Crippen LogP contribution in [0.25, 0.3) is 0 Å². The third kappa shape index (κ3) is 2.96. The van der Waals surface area contributed by atoms with Crippen molar-refractivity contribution in [1.82, 2.24) is 10.1 Å². The van der Waals surface area contributed by atoms with Crippen LogP contribution in [0.15, 0.2) is 4.52 Å². The average Bonchev–Trinajstić information content (AvgIpc) is 2.82. The molecule has 0 amide bonds. The number of nitrogens with zero attached hydrogens (tertiary/aromatic N) is 2. The van der Waals surface area contributed by atoms with Crippen molar-refractivity contribution in [2.24, 2.45) is 5.92 Å². The molecule has 0 saturated heterocycles. The summed E-state index contributed by atoms with van der Waals surface area (Å²) in [6.45, 7) is 2.01. The van der Waals surface area contributed by atoms with E-state index < -0.39 is 0 Å². The topological polar surface area (TPSA) is 65.2 Å². The van der Waals surface area contributed by atoms with Gasteiger partial charge in [-0.15, -0.1) is 0 Å². The van der Waals surface area contributed by atoms with Gasteiger partial charge in [-0.1, -0.05) is 18.5 Å². The highest BCUT2D eigenvalue weighted by Crippen LogP contribution is 2.24. The molecule has 1 fully saturated rings. The minimum Gasteiger partial charge on any atom is -0.373 e. The molecule has 5 heteroatoms. The van der Waals surface area contributed by atoms with Crippen LogP contribution in [0.5, 0.6) is 0 Å². The van der Waals surface area contributed by atoms with Gasteiger partial charge in [0.1, 0.15) is 11.9 Å². The van der Waals surface area contributed by atoms with E-state index in [4.69, 9.17) is 9.26 Å². The van der Waals surface area contributed by atoms with Crippen LogP contribution in [0.4, 0.5) is 0 Å². The molecule has 5 nitrogen and oxygen atoms in total. The first kappa shape index (κ1) is 13.2. The van der Waals surface area contributed by atoms with E-state index in [1.165, 1.54) is 0 Å². The van der Waals surface area contributed by atoms with Crippen LogP contribution < -0.4 is 0 Å². The second kappa shape index (κ2) is 6.09. The van der Waals surface area contributed by atoms with Gasteiger partial charge in [0, 0.05) is 25.9 Å². The van der Waals surface area contributed by atoms with Crippen LogP contribution in [0.3, 0.4) is 0 Å². The fraction of sp³-hybridized carbons (Fsp3) is 0.769. The summed E-state index contributed by atoms with van der Waals surface area (Å²) in [5.74, 6) is 1.54. The number of aromatic nitrogens is 2. The van der Waals surface area contributed by atoms with Crippen molar-refractivity contribution >= 4 is 5.78 Å². The van der Waals surface area contributed by atoms with E-state index in [1.807, 2.05) is 6.92 Å². The Morgan fingerprint density at radius 3 is 3.00 bits per heavy atom. The van der Waals surface area contributed by atoms with Crippen molar-refractivity contribution in [3.8, 4) is 0 Å².